The summed E-state index contributed by atoms with van der Waals surface area (Å²) in [5, 5.41) is 11.8. The van der Waals surface area contributed by atoms with E-state index in [0.29, 0.717) is 24.9 Å². The molecule has 23 heavy (non-hydrogen) atoms. The Kier molecular flexibility index (Phi) is 5.03. The van der Waals surface area contributed by atoms with E-state index in [4.69, 9.17) is 0 Å². The predicted octanol–water partition coefficient (Wildman–Crippen LogP) is 1.79. The number of hydrogen-bond acceptors (Lipinski definition) is 3. The molecule has 2 N–H and O–H groups in total. The average molecular weight is 318 g/mol. The fourth-order valence-corrected chi connectivity index (χ4v) is 2.47. The molecular weight excluding hydrogens is 296 g/mol. The second-order valence-electron chi connectivity index (χ2n) is 6.06. The van der Waals surface area contributed by atoms with Gasteiger partial charge in [-0.3, -0.25) is 9.59 Å². The van der Waals surface area contributed by atoms with Gasteiger partial charge in [-0.25, -0.2) is 4.79 Å². The van der Waals surface area contributed by atoms with Crippen molar-refractivity contribution in [1.29, 1.82) is 0 Å². The molecule has 1 unspecified atom stereocenters. The zero-order valence-corrected chi connectivity index (χ0v) is 13.5. The quantitative estimate of drug-likeness (QED) is 0.837. The Balaban J connectivity index is 2.02. The molecule has 0 aliphatic carbocycles. The van der Waals surface area contributed by atoms with Crippen LogP contribution in [0.2, 0.25) is 0 Å². The first-order chi connectivity index (χ1) is 10.9. The van der Waals surface area contributed by atoms with Crippen molar-refractivity contribution in [1.82, 2.24) is 10.2 Å². The van der Waals surface area contributed by atoms with Crippen molar-refractivity contribution >= 4 is 17.8 Å². The van der Waals surface area contributed by atoms with Gasteiger partial charge in [0.1, 0.15) is 5.54 Å². The summed E-state index contributed by atoms with van der Waals surface area (Å²) in [6.07, 6.45) is 1.79. The maximum atomic E-state index is 12.2. The number of nitrogens with one attached hydrogen (secondary N) is 1. The molecule has 1 heterocycles. The molecule has 1 aliphatic rings. The van der Waals surface area contributed by atoms with Crippen LogP contribution in [-0.2, 0) is 16.1 Å². The van der Waals surface area contributed by atoms with Gasteiger partial charge in [0.05, 0.1) is 0 Å². The van der Waals surface area contributed by atoms with Crippen LogP contribution in [0.1, 0.15) is 49.0 Å². The molecule has 6 heteroatoms. The first kappa shape index (κ1) is 17.0. The Hall–Kier alpha value is -2.37. The average Bonchev–Trinajstić information content (AvgIpc) is 2.92. The van der Waals surface area contributed by atoms with E-state index >= 15 is 0 Å². The SMILES string of the molecule is CCC(C)(NC(=O)c1ccc(CN2CCCC2=O)cc1)C(=O)O. The predicted molar refractivity (Wildman–Crippen MR) is 84.9 cm³/mol. The molecule has 6 nitrogen and oxygen atoms in total. The van der Waals surface area contributed by atoms with Crippen molar-refractivity contribution in [2.24, 2.45) is 0 Å². The van der Waals surface area contributed by atoms with E-state index in [2.05, 4.69) is 5.32 Å². The molecule has 2 rings (SSSR count). The van der Waals surface area contributed by atoms with Gasteiger partial charge in [0.15, 0.2) is 0 Å². The largest absolute Gasteiger partial charge is 0.480 e. The van der Waals surface area contributed by atoms with Gasteiger partial charge < -0.3 is 15.3 Å². The molecule has 0 bridgehead atoms. The van der Waals surface area contributed by atoms with E-state index in [9.17, 15) is 19.5 Å². The van der Waals surface area contributed by atoms with Crippen molar-refractivity contribution in [3.05, 3.63) is 35.4 Å². The summed E-state index contributed by atoms with van der Waals surface area (Å²) in [6.45, 7) is 4.52. The maximum Gasteiger partial charge on any atom is 0.329 e. The monoisotopic (exact) mass is 318 g/mol. The minimum absolute atomic E-state index is 0.159. The van der Waals surface area contributed by atoms with Crippen molar-refractivity contribution in [2.75, 3.05) is 6.54 Å². The summed E-state index contributed by atoms with van der Waals surface area (Å²) < 4.78 is 0. The van der Waals surface area contributed by atoms with Crippen LogP contribution in [0.4, 0.5) is 0 Å². The van der Waals surface area contributed by atoms with Gasteiger partial charge >= 0.3 is 5.97 Å². The van der Waals surface area contributed by atoms with Gasteiger partial charge in [-0.2, -0.15) is 0 Å². The van der Waals surface area contributed by atoms with Gasteiger partial charge in [-0.1, -0.05) is 19.1 Å². The highest BCUT2D eigenvalue weighted by Crippen LogP contribution is 2.16. The van der Waals surface area contributed by atoms with Crippen LogP contribution in [0.25, 0.3) is 0 Å². The molecule has 0 saturated carbocycles. The fraction of sp³-hybridized carbons (Fsp3) is 0.471. The molecule has 1 saturated heterocycles. The molecule has 0 radical (unpaired) electrons. The Bertz CT molecular complexity index is 612. The fourth-order valence-electron chi connectivity index (χ4n) is 2.47. The van der Waals surface area contributed by atoms with Crippen LogP contribution >= 0.6 is 0 Å². The summed E-state index contributed by atoms with van der Waals surface area (Å²) >= 11 is 0. The van der Waals surface area contributed by atoms with Gasteiger partial charge in [0, 0.05) is 25.1 Å². The second-order valence-corrected chi connectivity index (χ2v) is 6.06. The van der Waals surface area contributed by atoms with Crippen LogP contribution in [0.5, 0.6) is 0 Å². The molecule has 1 atom stereocenters. The third-order valence-corrected chi connectivity index (χ3v) is 4.33. The zero-order valence-electron chi connectivity index (χ0n) is 13.5. The molecule has 1 aliphatic heterocycles. The number of rotatable bonds is 6. The first-order valence-corrected chi connectivity index (χ1v) is 7.78. The Labute approximate surface area is 135 Å². The molecule has 1 fully saturated rings. The number of likely N-dealkylation sites (tertiary alicyclic amines) is 1. The molecule has 124 valence electrons. The van der Waals surface area contributed by atoms with Crippen LogP contribution in [0.15, 0.2) is 24.3 Å². The highest BCUT2D eigenvalue weighted by Gasteiger charge is 2.33. The van der Waals surface area contributed by atoms with Crippen LogP contribution in [-0.4, -0.2) is 39.9 Å². The summed E-state index contributed by atoms with van der Waals surface area (Å²) in [7, 11) is 0. The van der Waals surface area contributed by atoms with Crippen molar-refractivity contribution in [3.63, 3.8) is 0 Å². The van der Waals surface area contributed by atoms with E-state index in [1.807, 2.05) is 0 Å². The summed E-state index contributed by atoms with van der Waals surface area (Å²) in [6, 6.07) is 6.90. The lowest BCUT2D eigenvalue weighted by Gasteiger charge is -2.24. The minimum Gasteiger partial charge on any atom is -0.480 e. The smallest absolute Gasteiger partial charge is 0.329 e. The van der Waals surface area contributed by atoms with Crippen molar-refractivity contribution in [2.45, 2.75) is 45.2 Å². The van der Waals surface area contributed by atoms with Crippen molar-refractivity contribution < 1.29 is 19.5 Å². The number of carboxylic acids is 1. The molecule has 0 spiro atoms. The van der Waals surface area contributed by atoms with E-state index in [1.54, 1.807) is 36.1 Å². The van der Waals surface area contributed by atoms with Crippen LogP contribution in [0, 0.1) is 0 Å². The number of nitrogens with zero attached hydrogens (tertiary/aromatic N) is 1. The number of carbonyl (C=O) groups excluding carboxylic acids is 2. The van der Waals surface area contributed by atoms with Crippen LogP contribution in [0.3, 0.4) is 0 Å². The molecule has 0 aromatic heterocycles. The van der Waals surface area contributed by atoms with Gasteiger partial charge in [-0.15, -0.1) is 0 Å². The molecule has 1 aromatic carbocycles. The topological polar surface area (TPSA) is 86.7 Å². The highest BCUT2D eigenvalue weighted by atomic mass is 16.4. The van der Waals surface area contributed by atoms with E-state index < -0.39 is 17.4 Å². The van der Waals surface area contributed by atoms with E-state index in [0.717, 1.165) is 18.5 Å². The Morgan fingerprint density at radius 2 is 1.96 bits per heavy atom. The first-order valence-electron chi connectivity index (χ1n) is 7.78. The number of hydrogen-bond donors (Lipinski definition) is 2. The number of benzene rings is 1. The highest BCUT2D eigenvalue weighted by molar-refractivity contribution is 5.97. The third-order valence-electron chi connectivity index (χ3n) is 4.33. The number of carbonyl (C=O) groups is 3. The maximum absolute atomic E-state index is 12.2. The van der Waals surface area contributed by atoms with Crippen LogP contribution < -0.4 is 5.32 Å². The Morgan fingerprint density at radius 1 is 1.30 bits per heavy atom. The minimum atomic E-state index is -1.28. The van der Waals surface area contributed by atoms with Gasteiger partial charge in [0.2, 0.25) is 5.91 Å². The van der Waals surface area contributed by atoms with E-state index in [-0.39, 0.29) is 5.91 Å². The Morgan fingerprint density at radius 3 is 2.43 bits per heavy atom. The molecule has 2 amide bonds. The lowest BCUT2D eigenvalue weighted by atomic mass is 9.98. The normalized spacial score (nSPS) is 17.0. The van der Waals surface area contributed by atoms with E-state index in [1.165, 1.54) is 6.92 Å². The summed E-state index contributed by atoms with van der Waals surface area (Å²) in [5.74, 6) is -1.31. The van der Waals surface area contributed by atoms with Crippen molar-refractivity contribution in [3.8, 4) is 0 Å². The standard InChI is InChI=1S/C17H22N2O4/c1-3-17(2,16(22)23)18-15(21)13-8-6-12(7-9-13)11-19-10-4-5-14(19)20/h6-9H,3-5,10-11H2,1-2H3,(H,18,21)(H,22,23). The molecule has 1 aromatic rings. The number of amides is 2. The van der Waals surface area contributed by atoms with Gasteiger partial charge in [0.25, 0.3) is 5.91 Å². The lowest BCUT2D eigenvalue weighted by Crippen LogP contribution is -2.51. The lowest BCUT2D eigenvalue weighted by molar-refractivity contribution is -0.143. The summed E-state index contributed by atoms with van der Waals surface area (Å²) in [4.78, 5) is 36.9. The summed E-state index contributed by atoms with van der Waals surface area (Å²) in [5.41, 5.74) is 0.0771. The number of carboxylic acid groups (broad SMARTS) is 1. The van der Waals surface area contributed by atoms with Gasteiger partial charge in [-0.05, 0) is 37.5 Å². The zero-order chi connectivity index (χ0) is 17.0. The second kappa shape index (κ2) is 6.81. The molecular formula is C17H22N2O4. The number of aliphatic carboxylic acids is 1. The third kappa shape index (κ3) is 3.88.